The van der Waals surface area contributed by atoms with Gasteiger partial charge < -0.3 is 5.32 Å². The third-order valence-corrected chi connectivity index (χ3v) is 4.77. The van der Waals surface area contributed by atoms with Crippen LogP contribution < -0.4 is 5.32 Å². The van der Waals surface area contributed by atoms with Crippen molar-refractivity contribution in [2.24, 2.45) is 0 Å². The van der Waals surface area contributed by atoms with Crippen LogP contribution in [0.2, 0.25) is 5.02 Å². The Balaban J connectivity index is 2.19. The molecule has 0 unspecified atom stereocenters. The number of halogens is 4. The van der Waals surface area contributed by atoms with Crippen LogP contribution in [-0.2, 0) is 6.54 Å². The second-order valence-electron chi connectivity index (χ2n) is 4.13. The molecule has 0 aliphatic carbocycles. The van der Waals surface area contributed by atoms with Crippen molar-refractivity contribution in [3.05, 3.63) is 64.5 Å². The topological polar surface area (TPSA) is 55.2 Å². The zero-order valence-electron chi connectivity index (χ0n) is 10.4. The number of rotatable bonds is 4. The van der Waals surface area contributed by atoms with Crippen LogP contribution in [0.5, 0.6) is 0 Å². The van der Waals surface area contributed by atoms with Crippen LogP contribution in [0, 0.1) is 10.1 Å². The molecule has 0 aromatic heterocycles. The Labute approximate surface area is 151 Å². The fourth-order valence-corrected chi connectivity index (χ4v) is 4.47. The summed E-state index contributed by atoms with van der Waals surface area (Å²) < 4.78 is 2.73. The zero-order chi connectivity index (χ0) is 15.6. The second kappa shape index (κ2) is 7.09. The largest absolute Gasteiger partial charge is 0.379 e. The Kier molecular flexibility index (Phi) is 5.65. The van der Waals surface area contributed by atoms with Gasteiger partial charge in [0.1, 0.15) is 0 Å². The van der Waals surface area contributed by atoms with E-state index in [9.17, 15) is 10.1 Å². The van der Waals surface area contributed by atoms with E-state index in [2.05, 4.69) is 53.1 Å². The van der Waals surface area contributed by atoms with Crippen LogP contribution in [0.3, 0.4) is 0 Å². The minimum atomic E-state index is -0.467. The predicted octanol–water partition coefficient (Wildman–Crippen LogP) is 6.15. The molecular formula is C13H8Br3ClN2O2. The van der Waals surface area contributed by atoms with Crippen molar-refractivity contribution in [1.29, 1.82) is 0 Å². The molecule has 0 heterocycles. The third kappa shape index (κ3) is 4.18. The number of nitrogens with one attached hydrogen (secondary N) is 1. The Morgan fingerprint density at radius 2 is 1.76 bits per heavy atom. The summed E-state index contributed by atoms with van der Waals surface area (Å²) in [7, 11) is 0. The van der Waals surface area contributed by atoms with Gasteiger partial charge in [-0.05, 0) is 55.6 Å². The maximum absolute atomic E-state index is 10.7. The molecule has 21 heavy (non-hydrogen) atoms. The number of hydrogen-bond donors (Lipinski definition) is 1. The zero-order valence-corrected chi connectivity index (χ0v) is 15.9. The summed E-state index contributed by atoms with van der Waals surface area (Å²) in [5.74, 6) is 0. The van der Waals surface area contributed by atoms with Gasteiger partial charge in [0, 0.05) is 32.1 Å². The molecule has 2 rings (SSSR count). The Morgan fingerprint density at radius 1 is 1.14 bits per heavy atom. The van der Waals surface area contributed by atoms with Gasteiger partial charge in [-0.25, -0.2) is 0 Å². The van der Waals surface area contributed by atoms with E-state index in [1.807, 2.05) is 12.1 Å². The minimum Gasteiger partial charge on any atom is -0.379 e. The Bertz CT molecular complexity index is 687. The van der Waals surface area contributed by atoms with Crippen molar-refractivity contribution < 1.29 is 4.92 Å². The first kappa shape index (κ1) is 16.7. The van der Waals surface area contributed by atoms with Gasteiger partial charge in [0.15, 0.2) is 0 Å². The molecule has 0 aliphatic heterocycles. The van der Waals surface area contributed by atoms with Crippen LogP contribution in [0.1, 0.15) is 5.56 Å². The molecule has 0 saturated heterocycles. The smallest absolute Gasteiger partial charge is 0.270 e. The van der Waals surface area contributed by atoms with Gasteiger partial charge in [0.2, 0.25) is 0 Å². The SMILES string of the molecule is O=[N+]([O-])c1ccc(CNc2c(Br)cc(Br)cc2Br)c(Cl)c1. The predicted molar refractivity (Wildman–Crippen MR) is 95.0 cm³/mol. The monoisotopic (exact) mass is 496 g/mol. The van der Waals surface area contributed by atoms with Gasteiger partial charge in [-0.1, -0.05) is 27.5 Å². The molecule has 110 valence electrons. The molecule has 0 aliphatic rings. The molecule has 0 amide bonds. The summed E-state index contributed by atoms with van der Waals surface area (Å²) in [6.07, 6.45) is 0. The maximum atomic E-state index is 10.7. The maximum Gasteiger partial charge on any atom is 0.270 e. The fraction of sp³-hybridized carbons (Fsp3) is 0.0769. The minimum absolute atomic E-state index is 0.0187. The van der Waals surface area contributed by atoms with Gasteiger partial charge in [0.25, 0.3) is 5.69 Å². The summed E-state index contributed by atoms with van der Waals surface area (Å²) in [5, 5.41) is 14.3. The molecule has 4 nitrogen and oxygen atoms in total. The highest BCUT2D eigenvalue weighted by atomic mass is 79.9. The third-order valence-electron chi connectivity index (χ3n) is 2.71. The van der Waals surface area contributed by atoms with E-state index in [4.69, 9.17) is 11.6 Å². The van der Waals surface area contributed by atoms with Gasteiger partial charge in [-0.15, -0.1) is 0 Å². The van der Waals surface area contributed by atoms with Crippen molar-refractivity contribution in [1.82, 2.24) is 0 Å². The fourth-order valence-electron chi connectivity index (χ4n) is 1.69. The van der Waals surface area contributed by atoms with Crippen molar-refractivity contribution in [2.75, 3.05) is 5.32 Å². The van der Waals surface area contributed by atoms with E-state index in [1.165, 1.54) is 12.1 Å². The van der Waals surface area contributed by atoms with Gasteiger partial charge in [-0.3, -0.25) is 10.1 Å². The first-order chi connectivity index (χ1) is 9.88. The molecule has 2 aromatic carbocycles. The molecule has 1 N–H and O–H groups in total. The lowest BCUT2D eigenvalue weighted by Gasteiger charge is -2.12. The second-order valence-corrected chi connectivity index (χ2v) is 7.16. The average molecular weight is 499 g/mol. The van der Waals surface area contributed by atoms with Crippen molar-refractivity contribution >= 4 is 70.8 Å². The van der Waals surface area contributed by atoms with Gasteiger partial charge in [-0.2, -0.15) is 0 Å². The van der Waals surface area contributed by atoms with Crippen molar-refractivity contribution in [2.45, 2.75) is 6.54 Å². The van der Waals surface area contributed by atoms with E-state index in [0.717, 1.165) is 24.7 Å². The van der Waals surface area contributed by atoms with E-state index >= 15 is 0 Å². The first-order valence-electron chi connectivity index (χ1n) is 5.69. The molecule has 0 bridgehead atoms. The summed E-state index contributed by atoms with van der Waals surface area (Å²) in [6, 6.07) is 8.28. The number of hydrogen-bond acceptors (Lipinski definition) is 3. The Morgan fingerprint density at radius 3 is 2.29 bits per heavy atom. The molecule has 0 radical (unpaired) electrons. The number of benzene rings is 2. The lowest BCUT2D eigenvalue weighted by Crippen LogP contribution is -2.02. The van der Waals surface area contributed by atoms with Crippen LogP contribution >= 0.6 is 59.4 Å². The summed E-state index contributed by atoms with van der Waals surface area (Å²) in [6.45, 7) is 0.454. The van der Waals surface area contributed by atoms with E-state index in [-0.39, 0.29) is 5.69 Å². The normalized spacial score (nSPS) is 10.5. The standard InChI is InChI=1S/C13H8Br3ClN2O2/c14-8-3-10(15)13(11(16)4-8)18-6-7-1-2-9(19(20)21)5-12(7)17/h1-5,18H,6H2. The van der Waals surface area contributed by atoms with Crippen LogP contribution in [-0.4, -0.2) is 4.92 Å². The van der Waals surface area contributed by atoms with Gasteiger partial charge in [0.05, 0.1) is 15.6 Å². The summed E-state index contributed by atoms with van der Waals surface area (Å²) >= 11 is 16.4. The molecule has 2 aromatic rings. The highest BCUT2D eigenvalue weighted by Gasteiger charge is 2.11. The first-order valence-corrected chi connectivity index (χ1v) is 8.45. The van der Waals surface area contributed by atoms with Crippen LogP contribution in [0.15, 0.2) is 43.7 Å². The number of non-ortho nitro benzene ring substituents is 1. The molecule has 8 heteroatoms. The number of nitro benzene ring substituents is 1. The highest BCUT2D eigenvalue weighted by Crippen LogP contribution is 2.35. The lowest BCUT2D eigenvalue weighted by atomic mass is 10.2. The average Bonchev–Trinajstić information content (AvgIpc) is 2.38. The van der Waals surface area contributed by atoms with Crippen LogP contribution in [0.4, 0.5) is 11.4 Å². The summed E-state index contributed by atoms with van der Waals surface area (Å²) in [4.78, 5) is 10.2. The Hall–Kier alpha value is -0.630. The highest BCUT2D eigenvalue weighted by molar-refractivity contribution is 9.11. The molecule has 0 saturated carbocycles. The van der Waals surface area contributed by atoms with Gasteiger partial charge >= 0.3 is 0 Å². The molecule has 0 spiro atoms. The molecule has 0 atom stereocenters. The van der Waals surface area contributed by atoms with Crippen LogP contribution in [0.25, 0.3) is 0 Å². The number of nitro groups is 1. The molecule has 0 fully saturated rings. The summed E-state index contributed by atoms with van der Waals surface area (Å²) in [5.41, 5.74) is 1.64. The lowest BCUT2D eigenvalue weighted by molar-refractivity contribution is -0.384. The van der Waals surface area contributed by atoms with Crippen molar-refractivity contribution in [3.8, 4) is 0 Å². The van der Waals surface area contributed by atoms with E-state index in [0.29, 0.717) is 11.6 Å². The van der Waals surface area contributed by atoms with E-state index < -0.39 is 4.92 Å². The molecular weight excluding hydrogens is 491 g/mol. The number of nitrogens with zero attached hydrogens (tertiary/aromatic N) is 1. The van der Waals surface area contributed by atoms with Crippen molar-refractivity contribution in [3.63, 3.8) is 0 Å². The number of anilines is 1. The van der Waals surface area contributed by atoms with E-state index in [1.54, 1.807) is 6.07 Å². The quantitative estimate of drug-likeness (QED) is 0.406.